The maximum Gasteiger partial charge on any atom is 0.416 e. The Hall–Kier alpha value is -0.600. The molecular weight excluding hydrogens is 313 g/mol. The Kier molecular flexibility index (Phi) is 6.73. The molecule has 0 saturated carbocycles. The summed E-state index contributed by atoms with van der Waals surface area (Å²) in [6, 6.07) is 4.92. The van der Waals surface area contributed by atoms with E-state index in [1.165, 1.54) is 12.1 Å². The van der Waals surface area contributed by atoms with Gasteiger partial charge in [-0.15, -0.1) is 0 Å². The molecule has 0 aliphatic rings. The SMILES string of the molecule is C[S+](C)CC#Cc1ccc(C(F)(F)F)cc1.[Br-]. The Balaban J connectivity index is 0.00000256. The van der Waals surface area contributed by atoms with Crippen molar-refractivity contribution in [3.05, 3.63) is 35.4 Å². The van der Waals surface area contributed by atoms with Gasteiger partial charge in [-0.1, -0.05) is 5.92 Å². The first-order valence-corrected chi connectivity index (χ1v) is 6.81. The standard InChI is InChI=1S/C12H12F3S.BrH/c1-16(2)9-3-4-10-5-7-11(8-6-10)12(13,14)15;/h5-8H,9H2,1-2H3;1H/q+1;/p-1. The van der Waals surface area contributed by atoms with Gasteiger partial charge in [0, 0.05) is 5.56 Å². The molecule has 0 atom stereocenters. The fraction of sp³-hybridized carbons (Fsp3) is 0.333. The quantitative estimate of drug-likeness (QED) is 0.501. The van der Waals surface area contributed by atoms with Crippen molar-refractivity contribution in [2.75, 3.05) is 18.3 Å². The van der Waals surface area contributed by atoms with E-state index < -0.39 is 11.7 Å². The fourth-order valence-electron chi connectivity index (χ4n) is 1.03. The van der Waals surface area contributed by atoms with Crippen LogP contribution in [0.4, 0.5) is 13.2 Å². The van der Waals surface area contributed by atoms with Gasteiger partial charge in [0.05, 0.1) is 18.1 Å². The maximum atomic E-state index is 12.2. The zero-order valence-electron chi connectivity index (χ0n) is 9.44. The number of halogens is 4. The molecule has 94 valence electrons. The Morgan fingerprint density at radius 1 is 1.12 bits per heavy atom. The molecule has 0 aliphatic heterocycles. The van der Waals surface area contributed by atoms with Crippen LogP contribution in [-0.4, -0.2) is 18.3 Å². The van der Waals surface area contributed by atoms with E-state index in [1.807, 2.05) is 0 Å². The van der Waals surface area contributed by atoms with Crippen molar-refractivity contribution in [3.63, 3.8) is 0 Å². The van der Waals surface area contributed by atoms with E-state index in [1.54, 1.807) is 0 Å². The molecule has 0 N–H and O–H groups in total. The molecule has 0 heterocycles. The van der Waals surface area contributed by atoms with Crippen molar-refractivity contribution in [2.45, 2.75) is 6.18 Å². The summed E-state index contributed by atoms with van der Waals surface area (Å²) in [4.78, 5) is 0. The summed E-state index contributed by atoms with van der Waals surface area (Å²) in [6.07, 6.45) is -0.131. The predicted molar refractivity (Wildman–Crippen MR) is 62.4 cm³/mol. The molecule has 17 heavy (non-hydrogen) atoms. The van der Waals surface area contributed by atoms with Gasteiger partial charge in [0.25, 0.3) is 0 Å². The molecule has 0 fully saturated rings. The zero-order chi connectivity index (χ0) is 12.2. The number of rotatable bonds is 1. The van der Waals surface area contributed by atoms with Crippen LogP contribution in [0.3, 0.4) is 0 Å². The third-order valence-electron chi connectivity index (χ3n) is 1.81. The molecular formula is C12H12BrF3S. The Bertz CT molecular complexity index is 398. The Morgan fingerprint density at radius 3 is 2.06 bits per heavy atom. The average Bonchev–Trinajstić information content (AvgIpc) is 2.16. The molecule has 0 amide bonds. The largest absolute Gasteiger partial charge is 1.00 e. The van der Waals surface area contributed by atoms with Crippen molar-refractivity contribution in [2.24, 2.45) is 0 Å². The third-order valence-corrected chi connectivity index (χ3v) is 2.53. The van der Waals surface area contributed by atoms with Crippen LogP contribution in [-0.2, 0) is 17.1 Å². The topological polar surface area (TPSA) is 0 Å². The predicted octanol–water partition coefficient (Wildman–Crippen LogP) is -0.0612. The lowest BCUT2D eigenvalue weighted by Gasteiger charge is -2.05. The number of hydrogen-bond donors (Lipinski definition) is 0. The molecule has 0 nitrogen and oxygen atoms in total. The van der Waals surface area contributed by atoms with E-state index in [0.29, 0.717) is 5.56 Å². The highest BCUT2D eigenvalue weighted by molar-refractivity contribution is 7.95. The molecule has 0 radical (unpaired) electrons. The molecule has 0 bridgehead atoms. The van der Waals surface area contributed by atoms with E-state index in [4.69, 9.17) is 0 Å². The average molecular weight is 325 g/mol. The summed E-state index contributed by atoms with van der Waals surface area (Å²) in [6.45, 7) is 0. The van der Waals surface area contributed by atoms with Gasteiger partial charge >= 0.3 is 6.18 Å². The summed E-state index contributed by atoms with van der Waals surface area (Å²) >= 11 is 0. The van der Waals surface area contributed by atoms with Gasteiger partial charge in [-0.05, 0) is 41.1 Å². The van der Waals surface area contributed by atoms with Gasteiger partial charge in [-0.3, -0.25) is 0 Å². The summed E-state index contributed by atoms with van der Waals surface area (Å²) in [5.74, 6) is 6.56. The van der Waals surface area contributed by atoms with E-state index in [9.17, 15) is 13.2 Å². The summed E-state index contributed by atoms with van der Waals surface area (Å²) < 4.78 is 36.7. The van der Waals surface area contributed by atoms with Crippen LogP contribution in [0.25, 0.3) is 0 Å². The number of hydrogen-bond acceptors (Lipinski definition) is 0. The second kappa shape index (κ2) is 6.97. The molecule has 0 aromatic heterocycles. The van der Waals surface area contributed by atoms with Gasteiger partial charge in [0.2, 0.25) is 0 Å². The van der Waals surface area contributed by atoms with E-state index >= 15 is 0 Å². The monoisotopic (exact) mass is 324 g/mol. The number of alkyl halides is 3. The van der Waals surface area contributed by atoms with Crippen LogP contribution in [0, 0.1) is 11.8 Å². The fourth-order valence-corrected chi connectivity index (χ4v) is 1.39. The van der Waals surface area contributed by atoms with Crippen LogP contribution in [0.2, 0.25) is 0 Å². The van der Waals surface area contributed by atoms with Gasteiger partial charge < -0.3 is 17.0 Å². The molecule has 0 saturated heterocycles. The first-order chi connectivity index (χ1) is 7.39. The highest BCUT2D eigenvalue weighted by atomic mass is 79.9. The van der Waals surface area contributed by atoms with E-state index in [2.05, 4.69) is 24.4 Å². The minimum Gasteiger partial charge on any atom is -1.00 e. The van der Waals surface area contributed by atoms with Gasteiger partial charge in [0.1, 0.15) is 0 Å². The summed E-state index contributed by atoms with van der Waals surface area (Å²) in [5, 5.41) is 0. The molecule has 0 spiro atoms. The van der Waals surface area contributed by atoms with Crippen LogP contribution in [0.5, 0.6) is 0 Å². The minimum absolute atomic E-state index is 0. The first kappa shape index (κ1) is 16.4. The Morgan fingerprint density at radius 2 is 1.65 bits per heavy atom. The molecule has 1 aromatic carbocycles. The molecule has 0 aliphatic carbocycles. The zero-order valence-corrected chi connectivity index (χ0v) is 11.8. The van der Waals surface area contributed by atoms with Crippen molar-refractivity contribution >= 4 is 10.9 Å². The smallest absolute Gasteiger partial charge is 0.416 e. The van der Waals surface area contributed by atoms with Gasteiger partial charge in [0.15, 0.2) is 5.75 Å². The molecule has 5 heteroatoms. The maximum absolute atomic E-state index is 12.2. The molecule has 1 aromatic rings. The van der Waals surface area contributed by atoms with Crippen LogP contribution in [0.15, 0.2) is 24.3 Å². The minimum atomic E-state index is -4.27. The van der Waals surface area contributed by atoms with E-state index in [0.717, 1.165) is 17.9 Å². The van der Waals surface area contributed by atoms with Crippen molar-refractivity contribution in [1.82, 2.24) is 0 Å². The highest BCUT2D eigenvalue weighted by Crippen LogP contribution is 2.28. The molecule has 0 unspecified atom stereocenters. The van der Waals surface area contributed by atoms with Crippen molar-refractivity contribution < 1.29 is 30.2 Å². The van der Waals surface area contributed by atoms with Crippen LogP contribution < -0.4 is 17.0 Å². The second-order valence-electron chi connectivity index (χ2n) is 3.51. The van der Waals surface area contributed by atoms with Crippen molar-refractivity contribution in [1.29, 1.82) is 0 Å². The highest BCUT2D eigenvalue weighted by Gasteiger charge is 2.29. The van der Waals surface area contributed by atoms with E-state index in [-0.39, 0.29) is 27.9 Å². The normalized spacial score (nSPS) is 10.5. The number of benzene rings is 1. The Labute approximate surface area is 113 Å². The lowest BCUT2D eigenvalue weighted by atomic mass is 10.1. The summed E-state index contributed by atoms with van der Waals surface area (Å²) in [7, 11) is 0.239. The van der Waals surface area contributed by atoms with Crippen LogP contribution in [0.1, 0.15) is 11.1 Å². The van der Waals surface area contributed by atoms with Gasteiger partial charge in [-0.25, -0.2) is 0 Å². The third kappa shape index (κ3) is 6.04. The molecule has 1 rings (SSSR count). The lowest BCUT2D eigenvalue weighted by molar-refractivity contribution is -0.137. The van der Waals surface area contributed by atoms with Crippen molar-refractivity contribution in [3.8, 4) is 11.8 Å². The summed E-state index contributed by atoms with van der Waals surface area (Å²) in [5.41, 5.74) is -0.0118. The van der Waals surface area contributed by atoms with Gasteiger partial charge in [-0.2, -0.15) is 13.2 Å². The lowest BCUT2D eigenvalue weighted by Crippen LogP contribution is -3.00. The first-order valence-electron chi connectivity index (χ1n) is 4.60. The van der Waals surface area contributed by atoms with Crippen LogP contribution >= 0.6 is 0 Å². The second-order valence-corrected chi connectivity index (χ2v) is 5.77.